The molecule has 2 aromatic rings. The maximum Gasteiger partial charge on any atom is 0.306 e. The number of carbonyl (C=O) groups excluding carboxylic acids is 1. The van der Waals surface area contributed by atoms with Gasteiger partial charge in [-0.1, -0.05) is 6.07 Å². The maximum absolute atomic E-state index is 11.7. The number of nitrogens with two attached hydrogens (primary N) is 1. The molecule has 7 nitrogen and oxygen atoms in total. The van der Waals surface area contributed by atoms with Gasteiger partial charge < -0.3 is 15.2 Å². The summed E-state index contributed by atoms with van der Waals surface area (Å²) in [5, 5.41) is 4.42. The zero-order chi connectivity index (χ0) is 17.7. The van der Waals surface area contributed by atoms with Crippen LogP contribution in [0.5, 0.6) is 5.75 Å². The van der Waals surface area contributed by atoms with Crippen LogP contribution in [-0.4, -0.2) is 33.4 Å². The minimum Gasteiger partial charge on any atom is -0.494 e. The highest BCUT2D eigenvalue weighted by Crippen LogP contribution is 2.32. The van der Waals surface area contributed by atoms with Crippen molar-refractivity contribution in [3.63, 3.8) is 0 Å². The van der Waals surface area contributed by atoms with Gasteiger partial charge in [0.15, 0.2) is 11.6 Å². The molecule has 2 N–H and O–H groups in total. The number of hydrogen-bond acceptors (Lipinski definition) is 6. The molecule has 0 spiro atoms. The molecule has 130 valence electrons. The fourth-order valence-electron chi connectivity index (χ4n) is 2.26. The van der Waals surface area contributed by atoms with Crippen LogP contribution in [0.25, 0.3) is 11.4 Å². The Kier molecular flexibility index (Phi) is 5.43. The average Bonchev–Trinajstić information content (AvgIpc) is 2.93. The molecule has 1 aromatic carbocycles. The highest BCUT2D eigenvalue weighted by Gasteiger charge is 2.16. The van der Waals surface area contributed by atoms with E-state index in [4.69, 9.17) is 15.2 Å². The molecular formula is C17H24N4O3. The SMILES string of the molecule is COc1c(N)cccc1-c1ncn(CCCC(=O)OC(C)(C)C)n1. The Balaban J connectivity index is 1.97. The number of ether oxygens (including phenoxy) is 2. The van der Waals surface area contributed by atoms with Crippen molar-refractivity contribution in [2.24, 2.45) is 0 Å². The fraction of sp³-hybridized carbons (Fsp3) is 0.471. The van der Waals surface area contributed by atoms with E-state index in [1.165, 1.54) is 0 Å². The Labute approximate surface area is 141 Å². The van der Waals surface area contributed by atoms with Crippen molar-refractivity contribution in [1.29, 1.82) is 0 Å². The highest BCUT2D eigenvalue weighted by molar-refractivity contribution is 5.73. The predicted octanol–water partition coefficient (Wildman–Crippen LogP) is 2.66. The van der Waals surface area contributed by atoms with Gasteiger partial charge in [0.1, 0.15) is 11.9 Å². The van der Waals surface area contributed by atoms with Crippen molar-refractivity contribution >= 4 is 11.7 Å². The van der Waals surface area contributed by atoms with Gasteiger partial charge in [-0.25, -0.2) is 4.98 Å². The molecule has 1 heterocycles. The number of para-hydroxylation sites is 1. The predicted molar refractivity (Wildman–Crippen MR) is 91.5 cm³/mol. The summed E-state index contributed by atoms with van der Waals surface area (Å²) in [4.78, 5) is 16.0. The molecule has 0 radical (unpaired) electrons. The summed E-state index contributed by atoms with van der Waals surface area (Å²) in [6, 6.07) is 5.45. The molecule has 24 heavy (non-hydrogen) atoms. The number of aryl methyl sites for hydroxylation is 1. The smallest absolute Gasteiger partial charge is 0.306 e. The summed E-state index contributed by atoms with van der Waals surface area (Å²) >= 11 is 0. The first kappa shape index (κ1) is 17.8. The van der Waals surface area contributed by atoms with Gasteiger partial charge in [-0.3, -0.25) is 9.48 Å². The molecular weight excluding hydrogens is 308 g/mol. The number of rotatable bonds is 6. The quantitative estimate of drug-likeness (QED) is 0.646. The number of nitrogens with zero attached hydrogens (tertiary/aromatic N) is 3. The van der Waals surface area contributed by atoms with Crippen molar-refractivity contribution in [3.05, 3.63) is 24.5 Å². The van der Waals surface area contributed by atoms with Gasteiger partial charge in [0.05, 0.1) is 18.4 Å². The fourth-order valence-corrected chi connectivity index (χ4v) is 2.26. The van der Waals surface area contributed by atoms with Gasteiger partial charge in [0.25, 0.3) is 0 Å². The second-order valence-corrected chi connectivity index (χ2v) is 6.45. The second-order valence-electron chi connectivity index (χ2n) is 6.45. The minimum atomic E-state index is -0.457. The zero-order valence-electron chi connectivity index (χ0n) is 14.6. The summed E-state index contributed by atoms with van der Waals surface area (Å²) < 4.78 is 12.3. The first-order chi connectivity index (χ1) is 11.3. The summed E-state index contributed by atoms with van der Waals surface area (Å²) in [5.41, 5.74) is 6.72. The van der Waals surface area contributed by atoms with Gasteiger partial charge in [-0.2, -0.15) is 5.10 Å². The van der Waals surface area contributed by atoms with E-state index in [-0.39, 0.29) is 5.97 Å². The van der Waals surface area contributed by atoms with E-state index in [1.807, 2.05) is 32.9 Å². The first-order valence-corrected chi connectivity index (χ1v) is 7.84. The van der Waals surface area contributed by atoms with Gasteiger partial charge in [-0.15, -0.1) is 0 Å². The van der Waals surface area contributed by atoms with Crippen molar-refractivity contribution < 1.29 is 14.3 Å². The molecule has 0 saturated heterocycles. The van der Waals surface area contributed by atoms with Crippen molar-refractivity contribution in [1.82, 2.24) is 14.8 Å². The number of nitrogen functional groups attached to an aromatic ring is 1. The Hall–Kier alpha value is -2.57. The van der Waals surface area contributed by atoms with Crippen LogP contribution in [0.15, 0.2) is 24.5 Å². The molecule has 0 bridgehead atoms. The van der Waals surface area contributed by atoms with Crippen LogP contribution in [0.4, 0.5) is 5.69 Å². The van der Waals surface area contributed by atoms with Crippen LogP contribution in [-0.2, 0) is 16.1 Å². The van der Waals surface area contributed by atoms with E-state index in [0.717, 1.165) is 5.56 Å². The summed E-state index contributed by atoms with van der Waals surface area (Å²) in [6.07, 6.45) is 2.60. The monoisotopic (exact) mass is 332 g/mol. The molecule has 1 aromatic heterocycles. The standard InChI is InChI=1S/C17H24N4O3/c1-17(2,3)24-14(22)9-6-10-21-11-19-16(20-21)12-7-5-8-13(18)15(12)23-4/h5,7-8,11H,6,9-10,18H2,1-4H3. The van der Waals surface area contributed by atoms with Crippen LogP contribution >= 0.6 is 0 Å². The van der Waals surface area contributed by atoms with Crippen LogP contribution < -0.4 is 10.5 Å². The van der Waals surface area contributed by atoms with E-state index in [2.05, 4.69) is 10.1 Å². The van der Waals surface area contributed by atoms with Crippen LogP contribution in [0.3, 0.4) is 0 Å². The van der Waals surface area contributed by atoms with Gasteiger partial charge in [0.2, 0.25) is 0 Å². The topological polar surface area (TPSA) is 92.3 Å². The van der Waals surface area contributed by atoms with Crippen molar-refractivity contribution in [2.45, 2.75) is 45.8 Å². The van der Waals surface area contributed by atoms with Crippen LogP contribution in [0.2, 0.25) is 0 Å². The lowest BCUT2D eigenvalue weighted by Gasteiger charge is -2.19. The van der Waals surface area contributed by atoms with Gasteiger partial charge in [0, 0.05) is 13.0 Å². The van der Waals surface area contributed by atoms with E-state index >= 15 is 0 Å². The lowest BCUT2D eigenvalue weighted by molar-refractivity contribution is -0.154. The number of benzene rings is 1. The third-order valence-electron chi connectivity index (χ3n) is 3.22. The summed E-state index contributed by atoms with van der Waals surface area (Å²) in [5.74, 6) is 0.890. The van der Waals surface area contributed by atoms with E-state index in [0.29, 0.717) is 36.6 Å². The number of aromatic nitrogens is 3. The second kappa shape index (κ2) is 7.33. The molecule has 0 atom stereocenters. The summed E-state index contributed by atoms with van der Waals surface area (Å²) in [7, 11) is 1.56. The van der Waals surface area contributed by atoms with Crippen molar-refractivity contribution in [3.8, 4) is 17.1 Å². The Morgan fingerprint density at radius 1 is 1.33 bits per heavy atom. The molecule has 0 aliphatic heterocycles. The molecule has 7 heteroatoms. The normalized spacial score (nSPS) is 11.3. The Bertz CT molecular complexity index is 704. The highest BCUT2D eigenvalue weighted by atomic mass is 16.6. The Morgan fingerprint density at radius 3 is 2.75 bits per heavy atom. The lowest BCUT2D eigenvalue weighted by Crippen LogP contribution is -2.23. The van der Waals surface area contributed by atoms with Gasteiger partial charge >= 0.3 is 5.97 Å². The molecule has 0 aliphatic carbocycles. The molecule has 2 rings (SSSR count). The van der Waals surface area contributed by atoms with E-state index < -0.39 is 5.60 Å². The zero-order valence-corrected chi connectivity index (χ0v) is 14.6. The number of anilines is 1. The molecule has 0 amide bonds. The van der Waals surface area contributed by atoms with Crippen LogP contribution in [0.1, 0.15) is 33.6 Å². The van der Waals surface area contributed by atoms with Crippen molar-refractivity contribution in [2.75, 3.05) is 12.8 Å². The molecule has 0 saturated carbocycles. The van der Waals surface area contributed by atoms with Gasteiger partial charge in [-0.05, 0) is 39.3 Å². The van der Waals surface area contributed by atoms with E-state index in [1.54, 1.807) is 24.2 Å². The first-order valence-electron chi connectivity index (χ1n) is 7.84. The number of esters is 1. The third-order valence-corrected chi connectivity index (χ3v) is 3.22. The average molecular weight is 332 g/mol. The number of methoxy groups -OCH3 is 1. The summed E-state index contributed by atoms with van der Waals surface area (Å²) in [6.45, 7) is 6.14. The molecule has 0 unspecified atom stereocenters. The Morgan fingerprint density at radius 2 is 2.08 bits per heavy atom. The maximum atomic E-state index is 11.7. The minimum absolute atomic E-state index is 0.208. The molecule has 0 aliphatic rings. The molecule has 0 fully saturated rings. The number of hydrogen-bond donors (Lipinski definition) is 1. The largest absolute Gasteiger partial charge is 0.494 e. The number of carbonyl (C=O) groups is 1. The third kappa shape index (κ3) is 4.71. The van der Waals surface area contributed by atoms with E-state index in [9.17, 15) is 4.79 Å². The lowest BCUT2D eigenvalue weighted by atomic mass is 10.1. The van der Waals surface area contributed by atoms with Crippen LogP contribution in [0, 0.1) is 0 Å².